The van der Waals surface area contributed by atoms with Crippen LogP contribution in [0.3, 0.4) is 0 Å². The van der Waals surface area contributed by atoms with Gasteiger partial charge in [0.15, 0.2) is 5.70 Å². The van der Waals surface area contributed by atoms with E-state index in [9.17, 15) is 9.59 Å². The highest BCUT2D eigenvalue weighted by molar-refractivity contribution is 6.12. The summed E-state index contributed by atoms with van der Waals surface area (Å²) in [4.78, 5) is 27.4. The molecule has 28 heavy (non-hydrogen) atoms. The molecule has 6 nitrogen and oxygen atoms in total. The van der Waals surface area contributed by atoms with Gasteiger partial charge in [0.2, 0.25) is 5.90 Å². The van der Waals surface area contributed by atoms with Crippen molar-refractivity contribution in [2.75, 3.05) is 6.61 Å². The number of cyclic esters (lactones) is 1. The summed E-state index contributed by atoms with van der Waals surface area (Å²) < 4.78 is 15.9. The molecule has 0 fully saturated rings. The third kappa shape index (κ3) is 5.07. The maximum Gasteiger partial charge on any atom is 0.363 e. The standard InChI is InChI=1S/C22H21NO5/c1-3-4-13-26-18-11-7-17(8-12-18)21-23-20(22(25)28-21)14-16-5-9-19(10-6-16)27-15(2)24/h5-12,14H,3-4,13H2,1-2H3. The number of hydrogen-bond acceptors (Lipinski definition) is 6. The first-order valence-corrected chi connectivity index (χ1v) is 9.09. The number of hydrogen-bond donors (Lipinski definition) is 0. The van der Waals surface area contributed by atoms with Gasteiger partial charge in [0.1, 0.15) is 11.5 Å². The predicted octanol–water partition coefficient (Wildman–Crippen LogP) is 4.14. The second-order valence-electron chi connectivity index (χ2n) is 6.23. The Hall–Kier alpha value is -3.41. The molecule has 0 saturated carbocycles. The van der Waals surface area contributed by atoms with Crippen molar-refractivity contribution in [1.82, 2.24) is 0 Å². The summed E-state index contributed by atoms with van der Waals surface area (Å²) in [6, 6.07) is 14.0. The lowest BCUT2D eigenvalue weighted by Gasteiger charge is -2.05. The van der Waals surface area contributed by atoms with Gasteiger partial charge in [0.25, 0.3) is 0 Å². The lowest BCUT2D eigenvalue weighted by Crippen LogP contribution is -2.05. The Morgan fingerprint density at radius 2 is 1.75 bits per heavy atom. The van der Waals surface area contributed by atoms with Crippen molar-refractivity contribution in [3.05, 3.63) is 65.4 Å². The molecule has 0 bridgehead atoms. The van der Waals surface area contributed by atoms with E-state index < -0.39 is 5.97 Å². The molecule has 0 radical (unpaired) electrons. The summed E-state index contributed by atoms with van der Waals surface area (Å²) in [5.41, 5.74) is 1.65. The normalized spacial score (nSPS) is 14.6. The summed E-state index contributed by atoms with van der Waals surface area (Å²) >= 11 is 0. The van der Waals surface area contributed by atoms with Crippen molar-refractivity contribution in [2.24, 2.45) is 4.99 Å². The number of rotatable bonds is 7. The van der Waals surface area contributed by atoms with Crippen LogP contribution in [0.15, 0.2) is 59.2 Å². The number of esters is 2. The molecule has 1 heterocycles. The van der Waals surface area contributed by atoms with Gasteiger partial charge in [-0.3, -0.25) is 4.79 Å². The van der Waals surface area contributed by atoms with E-state index in [1.54, 1.807) is 30.3 Å². The monoisotopic (exact) mass is 379 g/mol. The van der Waals surface area contributed by atoms with Crippen molar-refractivity contribution in [2.45, 2.75) is 26.7 Å². The minimum Gasteiger partial charge on any atom is -0.494 e. The fourth-order valence-electron chi connectivity index (χ4n) is 2.52. The molecule has 0 atom stereocenters. The Kier molecular flexibility index (Phi) is 6.22. The van der Waals surface area contributed by atoms with Crippen molar-refractivity contribution < 1.29 is 23.8 Å². The number of carbonyl (C=O) groups is 2. The molecule has 0 unspecified atom stereocenters. The average Bonchev–Trinajstić information content (AvgIpc) is 3.04. The average molecular weight is 379 g/mol. The Bertz CT molecular complexity index is 911. The van der Waals surface area contributed by atoms with Gasteiger partial charge in [-0.2, -0.15) is 0 Å². The molecule has 1 aliphatic heterocycles. The van der Waals surface area contributed by atoms with Crippen LogP contribution in [-0.4, -0.2) is 24.4 Å². The summed E-state index contributed by atoms with van der Waals surface area (Å²) in [6.45, 7) is 4.12. The topological polar surface area (TPSA) is 74.2 Å². The van der Waals surface area contributed by atoms with Crippen LogP contribution in [0.1, 0.15) is 37.8 Å². The van der Waals surface area contributed by atoms with Gasteiger partial charge in [-0.15, -0.1) is 0 Å². The molecule has 2 aromatic carbocycles. The number of carbonyl (C=O) groups excluding carboxylic acids is 2. The summed E-state index contributed by atoms with van der Waals surface area (Å²) in [5.74, 6) is 0.566. The highest BCUT2D eigenvalue weighted by Gasteiger charge is 2.24. The van der Waals surface area contributed by atoms with Crippen LogP contribution in [0, 0.1) is 0 Å². The Labute approximate surface area is 163 Å². The zero-order valence-electron chi connectivity index (χ0n) is 15.8. The second-order valence-corrected chi connectivity index (χ2v) is 6.23. The summed E-state index contributed by atoms with van der Waals surface area (Å²) in [7, 11) is 0. The molecule has 0 amide bonds. The largest absolute Gasteiger partial charge is 0.494 e. The van der Waals surface area contributed by atoms with E-state index in [-0.39, 0.29) is 17.6 Å². The van der Waals surface area contributed by atoms with Crippen molar-refractivity contribution >= 4 is 23.9 Å². The minimum absolute atomic E-state index is 0.207. The first-order valence-electron chi connectivity index (χ1n) is 9.09. The van der Waals surface area contributed by atoms with Crippen LogP contribution in [0.25, 0.3) is 6.08 Å². The van der Waals surface area contributed by atoms with Crippen molar-refractivity contribution in [3.8, 4) is 11.5 Å². The van der Waals surface area contributed by atoms with Crippen molar-refractivity contribution in [3.63, 3.8) is 0 Å². The molecule has 144 valence electrons. The Morgan fingerprint density at radius 1 is 1.07 bits per heavy atom. The van der Waals surface area contributed by atoms with E-state index in [2.05, 4.69) is 11.9 Å². The van der Waals surface area contributed by atoms with Gasteiger partial charge < -0.3 is 14.2 Å². The van der Waals surface area contributed by atoms with Crippen LogP contribution in [-0.2, 0) is 14.3 Å². The predicted molar refractivity (Wildman–Crippen MR) is 105 cm³/mol. The molecule has 1 aliphatic rings. The van der Waals surface area contributed by atoms with Crippen LogP contribution in [0.5, 0.6) is 11.5 Å². The first-order chi connectivity index (χ1) is 13.5. The number of aliphatic imine (C=N–C) groups is 1. The SMILES string of the molecule is CCCCOc1ccc(C2=NC(=Cc3ccc(OC(C)=O)cc3)C(=O)O2)cc1. The van der Waals surface area contributed by atoms with Crippen LogP contribution in [0.2, 0.25) is 0 Å². The molecule has 2 aromatic rings. The minimum atomic E-state index is -0.512. The quantitative estimate of drug-likeness (QED) is 0.313. The number of ether oxygens (including phenoxy) is 3. The maximum absolute atomic E-state index is 12.1. The number of nitrogens with zero attached hydrogens (tertiary/aromatic N) is 1. The van der Waals surface area contributed by atoms with Gasteiger partial charge in [-0.25, -0.2) is 9.79 Å². The number of benzene rings is 2. The van der Waals surface area contributed by atoms with E-state index in [4.69, 9.17) is 14.2 Å². The van der Waals surface area contributed by atoms with Crippen LogP contribution in [0.4, 0.5) is 0 Å². The highest BCUT2D eigenvalue weighted by atomic mass is 16.6. The third-order valence-electron chi connectivity index (χ3n) is 3.93. The first kappa shape index (κ1) is 19.4. The zero-order valence-corrected chi connectivity index (χ0v) is 15.8. The van der Waals surface area contributed by atoms with Crippen LogP contribution >= 0.6 is 0 Å². The molecule has 0 saturated heterocycles. The van der Waals surface area contributed by atoms with Gasteiger partial charge in [0, 0.05) is 12.5 Å². The van der Waals surface area contributed by atoms with Gasteiger partial charge in [-0.05, 0) is 54.5 Å². The van der Waals surface area contributed by atoms with E-state index in [0.29, 0.717) is 17.9 Å². The van der Waals surface area contributed by atoms with E-state index in [1.165, 1.54) is 6.92 Å². The van der Waals surface area contributed by atoms with Gasteiger partial charge in [-0.1, -0.05) is 25.5 Å². The van der Waals surface area contributed by atoms with E-state index >= 15 is 0 Å². The third-order valence-corrected chi connectivity index (χ3v) is 3.93. The van der Waals surface area contributed by atoms with E-state index in [0.717, 1.165) is 24.2 Å². The Morgan fingerprint density at radius 3 is 2.39 bits per heavy atom. The van der Waals surface area contributed by atoms with Crippen molar-refractivity contribution in [1.29, 1.82) is 0 Å². The Balaban J connectivity index is 1.71. The molecule has 0 N–H and O–H groups in total. The molecule has 0 spiro atoms. The molecule has 0 aromatic heterocycles. The molecule has 6 heteroatoms. The highest BCUT2D eigenvalue weighted by Crippen LogP contribution is 2.22. The molecule has 3 rings (SSSR count). The smallest absolute Gasteiger partial charge is 0.363 e. The van der Waals surface area contributed by atoms with Crippen LogP contribution < -0.4 is 9.47 Å². The molecular formula is C22H21NO5. The fraction of sp³-hybridized carbons (Fsp3) is 0.227. The maximum atomic E-state index is 12.1. The number of unbranched alkanes of at least 4 members (excludes halogenated alkanes) is 1. The van der Waals surface area contributed by atoms with Gasteiger partial charge >= 0.3 is 11.9 Å². The lowest BCUT2D eigenvalue weighted by atomic mass is 10.2. The zero-order chi connectivity index (χ0) is 19.9. The lowest BCUT2D eigenvalue weighted by molar-refractivity contribution is -0.132. The summed E-state index contributed by atoms with van der Waals surface area (Å²) in [5, 5.41) is 0. The summed E-state index contributed by atoms with van der Waals surface area (Å²) in [6.07, 6.45) is 3.70. The van der Waals surface area contributed by atoms with E-state index in [1.807, 2.05) is 24.3 Å². The molecule has 0 aliphatic carbocycles. The fourth-order valence-corrected chi connectivity index (χ4v) is 2.52. The second kappa shape index (κ2) is 8.99. The molecular weight excluding hydrogens is 358 g/mol. The van der Waals surface area contributed by atoms with Gasteiger partial charge in [0.05, 0.1) is 6.61 Å².